The number of ether oxygens (including phenoxy) is 1. The van der Waals surface area contributed by atoms with Crippen LogP contribution in [0, 0.1) is 0 Å². The van der Waals surface area contributed by atoms with Crippen LogP contribution in [0.1, 0.15) is 26.7 Å². The van der Waals surface area contributed by atoms with Crippen LogP contribution >= 0.6 is 24.0 Å². The van der Waals surface area contributed by atoms with E-state index >= 15 is 0 Å². The third-order valence-corrected chi connectivity index (χ3v) is 5.50. The van der Waals surface area contributed by atoms with Crippen LogP contribution < -0.4 is 20.9 Å². The second-order valence-electron chi connectivity index (χ2n) is 5.14. The molecule has 0 heterocycles. The van der Waals surface area contributed by atoms with Gasteiger partial charge in [-0.15, -0.1) is 12.4 Å². The molecule has 24 heavy (non-hydrogen) atoms. The second-order valence-corrected chi connectivity index (χ2v) is 7.23. The SMILES string of the molecule is CCC(CC)(CN)NS(=O)(=O)c1cc(Cl)ccc1OCC(N)=O.Cl. The Hall–Kier alpha value is -1.06. The number of nitrogens with two attached hydrogens (primary N) is 2. The summed E-state index contributed by atoms with van der Waals surface area (Å²) in [5.41, 5.74) is 10.00. The molecule has 0 fully saturated rings. The lowest BCUT2D eigenvalue weighted by molar-refractivity contribution is -0.120. The first-order valence-electron chi connectivity index (χ1n) is 7.14. The normalized spacial score (nSPS) is 11.7. The van der Waals surface area contributed by atoms with Crippen molar-refractivity contribution in [3.8, 4) is 5.75 Å². The van der Waals surface area contributed by atoms with Crippen LogP contribution in [-0.2, 0) is 14.8 Å². The van der Waals surface area contributed by atoms with Crippen molar-refractivity contribution in [3.05, 3.63) is 23.2 Å². The van der Waals surface area contributed by atoms with Crippen molar-refractivity contribution < 1.29 is 17.9 Å². The summed E-state index contributed by atoms with van der Waals surface area (Å²) in [4.78, 5) is 10.7. The van der Waals surface area contributed by atoms with Crippen molar-refractivity contribution in [1.29, 1.82) is 0 Å². The van der Waals surface area contributed by atoms with Gasteiger partial charge in [0, 0.05) is 17.1 Å². The highest BCUT2D eigenvalue weighted by Crippen LogP contribution is 2.29. The fraction of sp³-hybridized carbons (Fsp3) is 0.500. The molecule has 0 aromatic heterocycles. The van der Waals surface area contributed by atoms with Crippen LogP contribution in [0.4, 0.5) is 0 Å². The fourth-order valence-corrected chi connectivity index (χ4v) is 3.99. The molecule has 0 bridgehead atoms. The number of carbonyl (C=O) groups is 1. The second kappa shape index (κ2) is 9.43. The number of amides is 1. The molecule has 0 aliphatic carbocycles. The van der Waals surface area contributed by atoms with Gasteiger partial charge >= 0.3 is 0 Å². The van der Waals surface area contributed by atoms with Gasteiger partial charge in [0.2, 0.25) is 10.0 Å². The van der Waals surface area contributed by atoms with Gasteiger partial charge in [-0.05, 0) is 31.0 Å². The number of hydrogen-bond acceptors (Lipinski definition) is 5. The standard InChI is InChI=1S/C14H22ClN3O4S.ClH/c1-3-14(4-2,9-16)18-23(20,21)12-7-10(15)5-6-11(12)22-8-13(17)19;/h5-7,18H,3-4,8-9,16H2,1-2H3,(H2,17,19);1H. The van der Waals surface area contributed by atoms with E-state index in [-0.39, 0.29) is 34.6 Å². The first-order valence-corrected chi connectivity index (χ1v) is 9.00. The molecule has 0 radical (unpaired) electrons. The topological polar surface area (TPSA) is 125 Å². The summed E-state index contributed by atoms with van der Waals surface area (Å²) < 4.78 is 33.2. The van der Waals surface area contributed by atoms with Crippen molar-refractivity contribution >= 4 is 39.9 Å². The molecule has 1 amide bonds. The summed E-state index contributed by atoms with van der Waals surface area (Å²) in [6.45, 7) is 3.41. The average Bonchev–Trinajstić information content (AvgIpc) is 2.51. The quantitative estimate of drug-likeness (QED) is 0.578. The Morgan fingerprint density at radius 1 is 1.33 bits per heavy atom. The van der Waals surface area contributed by atoms with E-state index in [9.17, 15) is 13.2 Å². The van der Waals surface area contributed by atoms with Gasteiger partial charge in [0.05, 0.1) is 0 Å². The predicted octanol–water partition coefficient (Wildman–Crippen LogP) is 1.42. The highest BCUT2D eigenvalue weighted by molar-refractivity contribution is 7.89. The minimum absolute atomic E-state index is 0. The van der Waals surface area contributed by atoms with Gasteiger partial charge in [0.1, 0.15) is 10.6 Å². The van der Waals surface area contributed by atoms with Gasteiger partial charge in [-0.2, -0.15) is 0 Å². The van der Waals surface area contributed by atoms with Crippen LogP contribution in [0.15, 0.2) is 23.1 Å². The maximum atomic E-state index is 12.7. The minimum atomic E-state index is -3.95. The van der Waals surface area contributed by atoms with Crippen molar-refractivity contribution in [3.63, 3.8) is 0 Å². The fourth-order valence-electron chi connectivity index (χ4n) is 2.02. The maximum absolute atomic E-state index is 12.7. The summed E-state index contributed by atoms with van der Waals surface area (Å²) in [6.07, 6.45) is 1.05. The van der Waals surface area contributed by atoms with E-state index in [1.54, 1.807) is 0 Å². The Bertz CT molecular complexity index is 656. The lowest BCUT2D eigenvalue weighted by Gasteiger charge is -2.31. The van der Waals surface area contributed by atoms with Gasteiger partial charge in [-0.25, -0.2) is 13.1 Å². The van der Waals surface area contributed by atoms with Crippen LogP contribution in [0.25, 0.3) is 0 Å². The molecule has 10 heteroatoms. The molecule has 0 saturated heterocycles. The highest BCUT2D eigenvalue weighted by atomic mass is 35.5. The van der Waals surface area contributed by atoms with Crippen molar-refractivity contribution in [1.82, 2.24) is 4.72 Å². The summed E-state index contributed by atoms with van der Waals surface area (Å²) in [6, 6.07) is 4.10. The molecule has 1 rings (SSSR count). The van der Waals surface area contributed by atoms with E-state index in [1.807, 2.05) is 13.8 Å². The first-order chi connectivity index (χ1) is 10.7. The Morgan fingerprint density at radius 3 is 2.38 bits per heavy atom. The van der Waals surface area contributed by atoms with Crippen LogP contribution in [0.2, 0.25) is 5.02 Å². The molecule has 0 aliphatic heterocycles. The largest absolute Gasteiger partial charge is 0.482 e. The zero-order chi connectivity index (χ0) is 17.7. The first kappa shape index (κ1) is 22.9. The Balaban J connectivity index is 0.00000529. The zero-order valence-corrected chi connectivity index (χ0v) is 15.9. The van der Waals surface area contributed by atoms with E-state index < -0.39 is 28.1 Å². The molecule has 1 aromatic carbocycles. The highest BCUT2D eigenvalue weighted by Gasteiger charge is 2.32. The molecular weight excluding hydrogens is 377 g/mol. The number of sulfonamides is 1. The van der Waals surface area contributed by atoms with Crippen molar-refractivity contribution in [2.45, 2.75) is 37.1 Å². The number of primary amides is 1. The van der Waals surface area contributed by atoms with Gasteiger partial charge in [0.15, 0.2) is 6.61 Å². The molecule has 5 N–H and O–H groups in total. The van der Waals surface area contributed by atoms with E-state index in [2.05, 4.69) is 4.72 Å². The van der Waals surface area contributed by atoms with E-state index in [1.165, 1.54) is 18.2 Å². The van der Waals surface area contributed by atoms with E-state index in [0.717, 1.165) is 0 Å². The zero-order valence-electron chi connectivity index (χ0n) is 13.5. The van der Waals surface area contributed by atoms with Crippen LogP contribution in [0.3, 0.4) is 0 Å². The summed E-state index contributed by atoms with van der Waals surface area (Å²) in [7, 11) is -3.95. The summed E-state index contributed by atoms with van der Waals surface area (Å²) in [5, 5.41) is 0.225. The van der Waals surface area contributed by atoms with Gasteiger partial charge in [-0.3, -0.25) is 4.79 Å². The molecular formula is C14H23Cl2N3O4S. The van der Waals surface area contributed by atoms with E-state index in [0.29, 0.717) is 12.8 Å². The third kappa shape index (κ3) is 5.78. The molecule has 0 atom stereocenters. The monoisotopic (exact) mass is 399 g/mol. The molecule has 0 saturated carbocycles. The molecule has 0 spiro atoms. The minimum Gasteiger partial charge on any atom is -0.482 e. The smallest absolute Gasteiger partial charge is 0.255 e. The molecule has 0 unspecified atom stereocenters. The van der Waals surface area contributed by atoms with Crippen LogP contribution in [-0.4, -0.2) is 33.0 Å². The number of carbonyl (C=O) groups excluding carboxylic acids is 1. The predicted molar refractivity (Wildman–Crippen MR) is 96.1 cm³/mol. The average molecular weight is 400 g/mol. The third-order valence-electron chi connectivity index (χ3n) is 3.66. The molecule has 7 nitrogen and oxygen atoms in total. The lowest BCUT2D eigenvalue weighted by Crippen LogP contribution is -2.52. The summed E-state index contributed by atoms with van der Waals surface area (Å²) in [5.74, 6) is -0.714. The number of hydrogen-bond donors (Lipinski definition) is 3. The Morgan fingerprint density at radius 2 is 1.92 bits per heavy atom. The number of benzene rings is 1. The Kier molecular flexibility index (Phi) is 9.01. The number of nitrogens with one attached hydrogen (secondary N) is 1. The van der Waals surface area contributed by atoms with Crippen molar-refractivity contribution in [2.75, 3.05) is 13.2 Å². The van der Waals surface area contributed by atoms with Crippen LogP contribution in [0.5, 0.6) is 5.75 Å². The lowest BCUT2D eigenvalue weighted by atomic mass is 9.95. The van der Waals surface area contributed by atoms with E-state index in [4.69, 9.17) is 27.8 Å². The Labute approximate surface area is 153 Å². The molecule has 0 aliphatic rings. The van der Waals surface area contributed by atoms with Crippen molar-refractivity contribution in [2.24, 2.45) is 11.5 Å². The summed E-state index contributed by atoms with van der Waals surface area (Å²) >= 11 is 5.89. The molecule has 1 aromatic rings. The number of halogens is 2. The maximum Gasteiger partial charge on any atom is 0.255 e. The van der Waals surface area contributed by atoms with Gasteiger partial charge in [0.25, 0.3) is 5.91 Å². The molecule has 138 valence electrons. The number of rotatable bonds is 9. The van der Waals surface area contributed by atoms with Gasteiger partial charge in [-0.1, -0.05) is 25.4 Å². The van der Waals surface area contributed by atoms with Gasteiger partial charge < -0.3 is 16.2 Å².